The summed E-state index contributed by atoms with van der Waals surface area (Å²) in [4.78, 5) is 2.09. The quantitative estimate of drug-likeness (QED) is 0.492. The second-order valence-corrected chi connectivity index (χ2v) is 3.86. The average molecular weight is 169 g/mol. The highest BCUT2D eigenvalue weighted by molar-refractivity contribution is 4.83. The van der Waals surface area contributed by atoms with Gasteiger partial charge in [0.05, 0.1) is 5.60 Å². The standard InChI is InChI=1S/C10H19NO/c1-5-6-7-8-11(4)9-10(2,3)12/h1,12H,6-9H2,2-4H3. The molecule has 0 saturated carbocycles. The van der Waals surface area contributed by atoms with Crippen molar-refractivity contribution in [3.63, 3.8) is 0 Å². The summed E-state index contributed by atoms with van der Waals surface area (Å²) in [6, 6.07) is 0. The van der Waals surface area contributed by atoms with Gasteiger partial charge in [-0.3, -0.25) is 0 Å². The third-order valence-electron chi connectivity index (χ3n) is 1.52. The first-order valence-corrected chi connectivity index (χ1v) is 4.30. The van der Waals surface area contributed by atoms with Gasteiger partial charge in [-0.15, -0.1) is 12.3 Å². The second-order valence-electron chi connectivity index (χ2n) is 3.86. The monoisotopic (exact) mass is 169 g/mol. The third kappa shape index (κ3) is 7.59. The van der Waals surface area contributed by atoms with E-state index in [1.807, 2.05) is 20.9 Å². The van der Waals surface area contributed by atoms with Crippen LogP contribution in [0.5, 0.6) is 0 Å². The largest absolute Gasteiger partial charge is 0.389 e. The molecule has 0 aliphatic carbocycles. The number of aliphatic hydroxyl groups is 1. The lowest BCUT2D eigenvalue weighted by atomic mass is 10.1. The van der Waals surface area contributed by atoms with Gasteiger partial charge in [0.25, 0.3) is 0 Å². The van der Waals surface area contributed by atoms with Crippen LogP contribution < -0.4 is 0 Å². The Bertz CT molecular complexity index is 152. The summed E-state index contributed by atoms with van der Waals surface area (Å²) >= 11 is 0. The summed E-state index contributed by atoms with van der Waals surface area (Å²) in [7, 11) is 1.99. The SMILES string of the molecule is C#CCCCN(C)CC(C)(C)O. The van der Waals surface area contributed by atoms with E-state index in [0.29, 0.717) is 6.54 Å². The molecule has 0 saturated heterocycles. The maximum atomic E-state index is 9.46. The minimum absolute atomic E-state index is 0.606. The molecule has 0 fully saturated rings. The van der Waals surface area contributed by atoms with Gasteiger partial charge in [0, 0.05) is 13.0 Å². The lowest BCUT2D eigenvalue weighted by Crippen LogP contribution is -2.36. The Balaban J connectivity index is 3.48. The maximum absolute atomic E-state index is 9.46. The van der Waals surface area contributed by atoms with Crippen LogP contribution in [-0.2, 0) is 0 Å². The minimum atomic E-state index is -0.606. The minimum Gasteiger partial charge on any atom is -0.389 e. The van der Waals surface area contributed by atoms with E-state index in [-0.39, 0.29) is 0 Å². The molecule has 0 atom stereocenters. The molecule has 0 heterocycles. The van der Waals surface area contributed by atoms with Crippen LogP contribution in [0.2, 0.25) is 0 Å². The van der Waals surface area contributed by atoms with Crippen LogP contribution in [0.3, 0.4) is 0 Å². The molecular weight excluding hydrogens is 150 g/mol. The predicted molar refractivity (Wildman–Crippen MR) is 51.9 cm³/mol. The fraction of sp³-hybridized carbons (Fsp3) is 0.800. The Hall–Kier alpha value is -0.520. The molecule has 2 nitrogen and oxygen atoms in total. The van der Waals surface area contributed by atoms with Gasteiger partial charge in [0.2, 0.25) is 0 Å². The van der Waals surface area contributed by atoms with Crippen molar-refractivity contribution in [2.45, 2.75) is 32.3 Å². The molecule has 12 heavy (non-hydrogen) atoms. The van der Waals surface area contributed by atoms with E-state index in [9.17, 15) is 5.11 Å². The van der Waals surface area contributed by atoms with E-state index in [1.165, 1.54) is 0 Å². The average Bonchev–Trinajstić information content (AvgIpc) is 1.84. The van der Waals surface area contributed by atoms with Crippen LogP contribution >= 0.6 is 0 Å². The first-order valence-electron chi connectivity index (χ1n) is 4.30. The first kappa shape index (κ1) is 11.5. The van der Waals surface area contributed by atoms with E-state index in [1.54, 1.807) is 0 Å². The van der Waals surface area contributed by atoms with Crippen molar-refractivity contribution in [3.8, 4) is 12.3 Å². The highest BCUT2D eigenvalue weighted by Gasteiger charge is 2.14. The normalized spacial score (nSPS) is 11.7. The number of terminal acetylenes is 1. The number of hydrogen-bond acceptors (Lipinski definition) is 2. The third-order valence-corrected chi connectivity index (χ3v) is 1.52. The van der Waals surface area contributed by atoms with Crippen molar-refractivity contribution in [2.75, 3.05) is 20.1 Å². The molecule has 0 aromatic heterocycles. The van der Waals surface area contributed by atoms with Gasteiger partial charge in [-0.25, -0.2) is 0 Å². The highest BCUT2D eigenvalue weighted by atomic mass is 16.3. The number of unbranched alkanes of at least 4 members (excludes halogenated alkanes) is 1. The fourth-order valence-corrected chi connectivity index (χ4v) is 1.19. The number of hydrogen-bond donors (Lipinski definition) is 1. The van der Waals surface area contributed by atoms with Gasteiger partial charge in [-0.1, -0.05) is 0 Å². The van der Waals surface area contributed by atoms with E-state index in [4.69, 9.17) is 6.42 Å². The van der Waals surface area contributed by atoms with Crippen LogP contribution in [0.15, 0.2) is 0 Å². The Morgan fingerprint density at radius 1 is 1.50 bits per heavy atom. The van der Waals surface area contributed by atoms with E-state index < -0.39 is 5.60 Å². The summed E-state index contributed by atoms with van der Waals surface area (Å²) < 4.78 is 0. The van der Waals surface area contributed by atoms with Crippen molar-refractivity contribution in [1.82, 2.24) is 4.90 Å². The van der Waals surface area contributed by atoms with Gasteiger partial charge < -0.3 is 10.0 Å². The van der Waals surface area contributed by atoms with Gasteiger partial charge in [0.1, 0.15) is 0 Å². The molecule has 0 aromatic rings. The van der Waals surface area contributed by atoms with Crippen molar-refractivity contribution in [3.05, 3.63) is 0 Å². The first-order chi connectivity index (χ1) is 5.45. The number of nitrogens with zero attached hydrogens (tertiary/aromatic N) is 1. The van der Waals surface area contributed by atoms with Crippen molar-refractivity contribution in [1.29, 1.82) is 0 Å². The Morgan fingerprint density at radius 2 is 2.08 bits per heavy atom. The van der Waals surface area contributed by atoms with Gasteiger partial charge in [0.15, 0.2) is 0 Å². The second kappa shape index (κ2) is 5.18. The van der Waals surface area contributed by atoms with E-state index in [0.717, 1.165) is 19.4 Å². The van der Waals surface area contributed by atoms with Gasteiger partial charge in [-0.2, -0.15) is 0 Å². The lowest BCUT2D eigenvalue weighted by Gasteiger charge is -2.24. The molecule has 0 bridgehead atoms. The molecule has 0 aromatic carbocycles. The zero-order chi connectivity index (χ0) is 9.61. The van der Waals surface area contributed by atoms with Crippen LogP contribution in [-0.4, -0.2) is 35.7 Å². The molecule has 1 N–H and O–H groups in total. The molecule has 0 aliphatic heterocycles. The lowest BCUT2D eigenvalue weighted by molar-refractivity contribution is 0.0445. The fourth-order valence-electron chi connectivity index (χ4n) is 1.19. The maximum Gasteiger partial charge on any atom is 0.0718 e. The number of likely N-dealkylation sites (N-methyl/N-ethyl adjacent to an activating group) is 1. The topological polar surface area (TPSA) is 23.5 Å². The highest BCUT2D eigenvalue weighted by Crippen LogP contribution is 2.03. The molecule has 0 spiro atoms. The van der Waals surface area contributed by atoms with Crippen molar-refractivity contribution < 1.29 is 5.11 Å². The molecular formula is C10H19NO. The molecule has 2 heteroatoms. The van der Waals surface area contributed by atoms with Gasteiger partial charge >= 0.3 is 0 Å². The summed E-state index contributed by atoms with van der Waals surface area (Å²) in [6.45, 7) is 5.27. The zero-order valence-corrected chi connectivity index (χ0v) is 8.30. The van der Waals surface area contributed by atoms with Gasteiger partial charge in [-0.05, 0) is 33.9 Å². The summed E-state index contributed by atoms with van der Waals surface area (Å²) in [5.74, 6) is 2.60. The molecule has 0 rings (SSSR count). The molecule has 0 amide bonds. The van der Waals surface area contributed by atoms with E-state index >= 15 is 0 Å². The van der Waals surface area contributed by atoms with E-state index in [2.05, 4.69) is 10.8 Å². The Labute approximate surface area is 75.6 Å². The summed E-state index contributed by atoms with van der Waals surface area (Å²) in [6.07, 6.45) is 6.94. The van der Waals surface area contributed by atoms with Crippen LogP contribution in [0.1, 0.15) is 26.7 Å². The Morgan fingerprint density at radius 3 is 2.50 bits per heavy atom. The van der Waals surface area contributed by atoms with Crippen molar-refractivity contribution in [2.24, 2.45) is 0 Å². The summed E-state index contributed by atoms with van der Waals surface area (Å²) in [5, 5.41) is 9.46. The smallest absolute Gasteiger partial charge is 0.0718 e. The van der Waals surface area contributed by atoms with Crippen molar-refractivity contribution >= 4 is 0 Å². The van der Waals surface area contributed by atoms with Crippen LogP contribution in [0.4, 0.5) is 0 Å². The molecule has 70 valence electrons. The van der Waals surface area contributed by atoms with Crippen LogP contribution in [0.25, 0.3) is 0 Å². The Kier molecular flexibility index (Phi) is 4.96. The number of rotatable bonds is 5. The molecule has 0 unspecified atom stereocenters. The molecule has 0 radical (unpaired) electrons. The molecule has 0 aliphatic rings. The van der Waals surface area contributed by atoms with Crippen LogP contribution in [0, 0.1) is 12.3 Å². The zero-order valence-electron chi connectivity index (χ0n) is 8.30. The predicted octanol–water partition coefficient (Wildman–Crippen LogP) is 1.10. The summed E-state index contributed by atoms with van der Waals surface area (Å²) in [5.41, 5.74) is -0.606.